The van der Waals surface area contributed by atoms with Crippen LogP contribution in [0.2, 0.25) is 0 Å². The number of benzene rings is 1. The molecule has 2 aromatic rings. The zero-order chi connectivity index (χ0) is 15.8. The van der Waals surface area contributed by atoms with Crippen LogP contribution < -0.4 is 10.6 Å². The van der Waals surface area contributed by atoms with Gasteiger partial charge in [0.2, 0.25) is 5.91 Å². The number of amides is 1. The fraction of sp³-hybridized carbons (Fsp3) is 0.529. The third-order valence-corrected chi connectivity index (χ3v) is 4.99. The van der Waals surface area contributed by atoms with Gasteiger partial charge in [-0.05, 0) is 49.8 Å². The van der Waals surface area contributed by atoms with E-state index < -0.39 is 0 Å². The zero-order valence-electron chi connectivity index (χ0n) is 12.9. The summed E-state index contributed by atoms with van der Waals surface area (Å²) in [5, 5.41) is 6.52. The summed E-state index contributed by atoms with van der Waals surface area (Å²) in [5.74, 6) is 0.919. The Kier molecular flexibility index (Phi) is 3.77. The number of piperidine rings is 1. The maximum atomic E-state index is 13.2. The van der Waals surface area contributed by atoms with Crippen molar-refractivity contribution in [3.05, 3.63) is 29.8 Å². The van der Waals surface area contributed by atoms with Gasteiger partial charge in [-0.1, -0.05) is 0 Å². The van der Waals surface area contributed by atoms with Crippen LogP contribution in [0.15, 0.2) is 18.2 Å². The molecule has 23 heavy (non-hydrogen) atoms. The van der Waals surface area contributed by atoms with Gasteiger partial charge < -0.3 is 15.6 Å². The molecule has 3 N–H and O–H groups in total. The second-order valence-corrected chi connectivity index (χ2v) is 6.80. The molecule has 4 rings (SSSR count). The second kappa shape index (κ2) is 5.92. The van der Waals surface area contributed by atoms with E-state index in [4.69, 9.17) is 0 Å². The third-order valence-electron chi connectivity index (χ3n) is 4.99. The van der Waals surface area contributed by atoms with Crippen LogP contribution in [-0.2, 0) is 11.3 Å². The molecule has 0 radical (unpaired) electrons. The van der Waals surface area contributed by atoms with Gasteiger partial charge in [0.15, 0.2) is 0 Å². The predicted molar refractivity (Wildman–Crippen MR) is 85.2 cm³/mol. The highest BCUT2D eigenvalue weighted by molar-refractivity contribution is 5.77. The highest BCUT2D eigenvalue weighted by Crippen LogP contribution is 2.32. The Bertz CT molecular complexity index is 716. The number of nitrogens with one attached hydrogen (secondary N) is 3. The van der Waals surface area contributed by atoms with Crippen molar-refractivity contribution < 1.29 is 9.18 Å². The molecule has 0 spiro atoms. The summed E-state index contributed by atoms with van der Waals surface area (Å²) in [6.45, 7) is 0.354. The lowest BCUT2D eigenvalue weighted by Gasteiger charge is -2.28. The molecule has 1 amide bonds. The topological polar surface area (TPSA) is 69.8 Å². The number of nitrogens with zero attached hydrogens (tertiary/aromatic N) is 1. The molecule has 2 saturated heterocycles. The molecule has 0 aliphatic carbocycles. The molecule has 2 fully saturated rings. The first-order valence-corrected chi connectivity index (χ1v) is 8.32. The van der Waals surface area contributed by atoms with E-state index >= 15 is 0 Å². The Morgan fingerprint density at radius 3 is 2.87 bits per heavy atom. The van der Waals surface area contributed by atoms with Gasteiger partial charge in [-0.3, -0.25) is 4.79 Å². The van der Waals surface area contributed by atoms with Crippen molar-refractivity contribution in [1.82, 2.24) is 20.6 Å². The Labute approximate surface area is 134 Å². The van der Waals surface area contributed by atoms with Gasteiger partial charge in [-0.15, -0.1) is 0 Å². The SMILES string of the molecule is O=C(CC1CC2CCC(C1)N2)NCc1nc2ccc(F)cc2[nH]1. The van der Waals surface area contributed by atoms with E-state index in [1.165, 1.54) is 25.0 Å². The van der Waals surface area contributed by atoms with Crippen molar-refractivity contribution in [3.63, 3.8) is 0 Å². The van der Waals surface area contributed by atoms with Crippen LogP contribution in [-0.4, -0.2) is 28.0 Å². The number of hydrogen-bond donors (Lipinski definition) is 3. The summed E-state index contributed by atoms with van der Waals surface area (Å²) in [4.78, 5) is 19.6. The van der Waals surface area contributed by atoms with Crippen molar-refractivity contribution in [2.24, 2.45) is 5.92 Å². The number of imidazole rings is 1. The molecule has 1 aromatic heterocycles. The van der Waals surface area contributed by atoms with Crippen LogP contribution in [0.4, 0.5) is 4.39 Å². The molecule has 3 heterocycles. The Balaban J connectivity index is 1.32. The van der Waals surface area contributed by atoms with Gasteiger partial charge in [-0.25, -0.2) is 9.37 Å². The largest absolute Gasteiger partial charge is 0.349 e. The van der Waals surface area contributed by atoms with Crippen LogP contribution in [0.3, 0.4) is 0 Å². The quantitative estimate of drug-likeness (QED) is 0.810. The summed E-state index contributed by atoms with van der Waals surface area (Å²) in [7, 11) is 0. The Morgan fingerprint density at radius 1 is 1.30 bits per heavy atom. The van der Waals surface area contributed by atoms with Crippen molar-refractivity contribution in [2.45, 2.75) is 50.7 Å². The van der Waals surface area contributed by atoms with Gasteiger partial charge in [-0.2, -0.15) is 0 Å². The molecule has 1 aromatic carbocycles. The summed E-state index contributed by atoms with van der Waals surface area (Å²) in [5.41, 5.74) is 1.37. The summed E-state index contributed by atoms with van der Waals surface area (Å²) >= 11 is 0. The minimum absolute atomic E-state index is 0.0722. The number of fused-ring (bicyclic) bond motifs is 3. The Hall–Kier alpha value is -1.95. The highest BCUT2D eigenvalue weighted by Gasteiger charge is 2.34. The number of aromatic nitrogens is 2. The molecule has 0 saturated carbocycles. The zero-order valence-corrected chi connectivity index (χ0v) is 12.9. The lowest BCUT2D eigenvalue weighted by molar-refractivity contribution is -0.122. The monoisotopic (exact) mass is 316 g/mol. The number of carbonyl (C=O) groups is 1. The van der Waals surface area contributed by atoms with Crippen LogP contribution in [0.1, 0.15) is 37.9 Å². The highest BCUT2D eigenvalue weighted by atomic mass is 19.1. The number of aromatic amines is 1. The van der Waals surface area contributed by atoms with E-state index in [0.29, 0.717) is 47.8 Å². The van der Waals surface area contributed by atoms with E-state index in [1.807, 2.05) is 0 Å². The van der Waals surface area contributed by atoms with E-state index in [1.54, 1.807) is 6.07 Å². The fourth-order valence-electron chi connectivity index (χ4n) is 3.98. The summed E-state index contributed by atoms with van der Waals surface area (Å²) in [6.07, 6.45) is 5.29. The van der Waals surface area contributed by atoms with Gasteiger partial charge in [0.25, 0.3) is 0 Å². The molecular formula is C17H21FN4O. The van der Waals surface area contributed by atoms with Crippen molar-refractivity contribution >= 4 is 16.9 Å². The molecule has 2 atom stereocenters. The van der Waals surface area contributed by atoms with E-state index in [9.17, 15) is 9.18 Å². The molecule has 2 unspecified atom stereocenters. The van der Waals surface area contributed by atoms with Crippen LogP contribution in [0, 0.1) is 11.7 Å². The van der Waals surface area contributed by atoms with Crippen LogP contribution >= 0.6 is 0 Å². The first-order chi connectivity index (χ1) is 11.2. The fourth-order valence-corrected chi connectivity index (χ4v) is 3.98. The van der Waals surface area contributed by atoms with Crippen LogP contribution in [0.25, 0.3) is 11.0 Å². The lowest BCUT2D eigenvalue weighted by Crippen LogP contribution is -2.39. The van der Waals surface area contributed by atoms with Gasteiger partial charge in [0, 0.05) is 18.5 Å². The minimum atomic E-state index is -0.294. The van der Waals surface area contributed by atoms with Crippen molar-refractivity contribution in [1.29, 1.82) is 0 Å². The van der Waals surface area contributed by atoms with Gasteiger partial charge in [0.1, 0.15) is 11.6 Å². The lowest BCUT2D eigenvalue weighted by atomic mass is 9.89. The van der Waals surface area contributed by atoms with Gasteiger partial charge in [0.05, 0.1) is 17.6 Å². The normalized spacial score (nSPS) is 26.6. The summed E-state index contributed by atoms with van der Waals surface area (Å²) in [6, 6.07) is 5.65. The first kappa shape index (κ1) is 14.6. The maximum absolute atomic E-state index is 13.2. The second-order valence-electron chi connectivity index (χ2n) is 6.80. The van der Waals surface area contributed by atoms with Gasteiger partial charge >= 0.3 is 0 Å². The van der Waals surface area contributed by atoms with E-state index in [0.717, 1.165) is 12.8 Å². The average Bonchev–Trinajstić information content (AvgIpc) is 3.07. The standard InChI is InChI=1S/C17H21FN4O/c18-11-1-4-14-15(8-11)22-16(21-14)9-19-17(23)7-10-5-12-2-3-13(6-10)20-12/h1,4,8,10,12-13,20H,2-3,5-7,9H2,(H,19,23)(H,21,22). The van der Waals surface area contributed by atoms with Crippen molar-refractivity contribution in [2.75, 3.05) is 0 Å². The molecule has 6 heteroatoms. The number of carbonyl (C=O) groups excluding carboxylic acids is 1. The van der Waals surface area contributed by atoms with Crippen LogP contribution in [0.5, 0.6) is 0 Å². The molecular weight excluding hydrogens is 295 g/mol. The number of hydrogen-bond acceptors (Lipinski definition) is 3. The predicted octanol–water partition coefficient (Wildman–Crippen LogP) is 2.24. The number of halogens is 1. The average molecular weight is 316 g/mol. The van der Waals surface area contributed by atoms with Crippen molar-refractivity contribution in [3.8, 4) is 0 Å². The molecule has 2 aliphatic heterocycles. The first-order valence-electron chi connectivity index (χ1n) is 8.32. The minimum Gasteiger partial charge on any atom is -0.349 e. The number of H-pyrrole nitrogens is 1. The molecule has 2 aliphatic rings. The molecule has 5 nitrogen and oxygen atoms in total. The van der Waals surface area contributed by atoms with E-state index in [-0.39, 0.29) is 11.7 Å². The summed E-state index contributed by atoms with van der Waals surface area (Å²) < 4.78 is 13.2. The maximum Gasteiger partial charge on any atom is 0.220 e. The Morgan fingerprint density at radius 2 is 2.09 bits per heavy atom. The van der Waals surface area contributed by atoms with E-state index in [2.05, 4.69) is 20.6 Å². The third kappa shape index (κ3) is 3.22. The molecule has 122 valence electrons. The molecule has 2 bridgehead atoms. The number of rotatable bonds is 4. The smallest absolute Gasteiger partial charge is 0.220 e.